The lowest BCUT2D eigenvalue weighted by atomic mass is 10.0. The molecule has 1 aromatic carbocycles. The van der Waals surface area contributed by atoms with Crippen molar-refractivity contribution in [1.29, 1.82) is 0 Å². The summed E-state index contributed by atoms with van der Waals surface area (Å²) in [6.07, 6.45) is 1.03. The van der Waals surface area contributed by atoms with Gasteiger partial charge in [0.2, 0.25) is 0 Å². The van der Waals surface area contributed by atoms with Crippen molar-refractivity contribution in [3.63, 3.8) is 0 Å². The fraction of sp³-hybridized carbons (Fsp3) is 0.600. The SMILES string of the molecule is COCCNC(=O)C(=O)NC[C@@H](c1ccc2c(c1)CCN2C)N1CCOCC1. The van der Waals surface area contributed by atoms with Crippen LogP contribution < -0.4 is 15.5 Å². The fourth-order valence-electron chi connectivity index (χ4n) is 3.76. The topological polar surface area (TPSA) is 83.1 Å². The molecule has 1 fully saturated rings. The Morgan fingerprint density at radius 3 is 2.68 bits per heavy atom. The molecule has 0 aliphatic carbocycles. The highest BCUT2D eigenvalue weighted by Crippen LogP contribution is 2.31. The molecule has 0 bridgehead atoms. The van der Waals surface area contributed by atoms with Crippen LogP contribution in [0.25, 0.3) is 0 Å². The second-order valence-electron chi connectivity index (χ2n) is 7.18. The number of amides is 2. The van der Waals surface area contributed by atoms with Crippen LogP contribution in [0, 0.1) is 0 Å². The van der Waals surface area contributed by atoms with Gasteiger partial charge < -0.3 is 25.0 Å². The summed E-state index contributed by atoms with van der Waals surface area (Å²) < 4.78 is 10.4. The third-order valence-corrected chi connectivity index (χ3v) is 5.36. The number of carbonyl (C=O) groups is 2. The van der Waals surface area contributed by atoms with E-state index in [1.165, 1.54) is 11.3 Å². The number of ether oxygens (including phenoxy) is 2. The van der Waals surface area contributed by atoms with E-state index in [-0.39, 0.29) is 6.04 Å². The van der Waals surface area contributed by atoms with Crippen LogP contribution in [0.2, 0.25) is 0 Å². The van der Waals surface area contributed by atoms with Crippen molar-refractivity contribution in [2.45, 2.75) is 12.5 Å². The molecule has 1 atom stereocenters. The molecular weight excluding hydrogens is 360 g/mol. The number of nitrogens with one attached hydrogen (secondary N) is 2. The second-order valence-corrected chi connectivity index (χ2v) is 7.18. The first-order valence-electron chi connectivity index (χ1n) is 9.81. The number of methoxy groups -OCH3 is 1. The van der Waals surface area contributed by atoms with Gasteiger partial charge in [0.25, 0.3) is 0 Å². The zero-order valence-corrected chi connectivity index (χ0v) is 16.7. The van der Waals surface area contributed by atoms with E-state index in [0.29, 0.717) is 32.9 Å². The van der Waals surface area contributed by atoms with Crippen molar-refractivity contribution >= 4 is 17.5 Å². The minimum atomic E-state index is -0.631. The van der Waals surface area contributed by atoms with E-state index >= 15 is 0 Å². The minimum absolute atomic E-state index is 0.0100. The number of hydrogen-bond acceptors (Lipinski definition) is 6. The standard InChI is InChI=1S/C20H30N4O4/c1-23-7-5-16-13-15(3-4-17(16)23)18(24-8-11-28-12-9-24)14-22-20(26)19(25)21-6-10-27-2/h3-4,13,18H,5-12,14H2,1-2H3,(H,21,25)(H,22,26)/t18-/m0/s1. The van der Waals surface area contributed by atoms with E-state index in [1.807, 2.05) is 0 Å². The minimum Gasteiger partial charge on any atom is -0.383 e. The van der Waals surface area contributed by atoms with E-state index < -0.39 is 11.8 Å². The average molecular weight is 390 g/mol. The van der Waals surface area contributed by atoms with Crippen molar-refractivity contribution < 1.29 is 19.1 Å². The number of anilines is 1. The van der Waals surface area contributed by atoms with Crippen molar-refractivity contribution in [3.8, 4) is 0 Å². The monoisotopic (exact) mass is 390 g/mol. The third-order valence-electron chi connectivity index (χ3n) is 5.36. The Balaban J connectivity index is 1.68. The van der Waals surface area contributed by atoms with Crippen molar-refractivity contribution in [3.05, 3.63) is 29.3 Å². The van der Waals surface area contributed by atoms with Gasteiger partial charge in [0.1, 0.15) is 0 Å². The zero-order valence-electron chi connectivity index (χ0n) is 16.7. The first-order chi connectivity index (χ1) is 13.6. The molecule has 0 aromatic heterocycles. The summed E-state index contributed by atoms with van der Waals surface area (Å²) in [7, 11) is 3.65. The van der Waals surface area contributed by atoms with Crippen LogP contribution in [0.4, 0.5) is 5.69 Å². The lowest BCUT2D eigenvalue weighted by Crippen LogP contribution is -2.47. The van der Waals surface area contributed by atoms with Crippen LogP contribution in [0.1, 0.15) is 17.2 Å². The zero-order chi connectivity index (χ0) is 19.9. The number of benzene rings is 1. The van der Waals surface area contributed by atoms with Gasteiger partial charge in [0.15, 0.2) is 0 Å². The fourth-order valence-corrected chi connectivity index (χ4v) is 3.76. The second kappa shape index (κ2) is 9.86. The predicted molar refractivity (Wildman–Crippen MR) is 106 cm³/mol. The van der Waals surface area contributed by atoms with Crippen LogP contribution in [-0.4, -0.2) is 83.4 Å². The van der Waals surface area contributed by atoms with E-state index in [4.69, 9.17) is 9.47 Å². The van der Waals surface area contributed by atoms with E-state index in [9.17, 15) is 9.59 Å². The van der Waals surface area contributed by atoms with Crippen LogP contribution in [0.3, 0.4) is 0 Å². The lowest BCUT2D eigenvalue weighted by Gasteiger charge is -2.35. The van der Waals surface area contributed by atoms with Gasteiger partial charge in [-0.05, 0) is 23.6 Å². The molecule has 0 radical (unpaired) electrons. The van der Waals surface area contributed by atoms with Gasteiger partial charge in [0.05, 0.1) is 25.9 Å². The quantitative estimate of drug-likeness (QED) is 0.501. The van der Waals surface area contributed by atoms with Crippen molar-refractivity contribution in [2.75, 3.05) is 71.6 Å². The molecule has 8 heteroatoms. The van der Waals surface area contributed by atoms with Gasteiger partial charge >= 0.3 is 11.8 Å². The Morgan fingerprint density at radius 1 is 1.18 bits per heavy atom. The molecule has 2 amide bonds. The van der Waals surface area contributed by atoms with Gasteiger partial charge in [-0.3, -0.25) is 14.5 Å². The molecule has 3 rings (SSSR count). The third kappa shape index (κ3) is 5.01. The number of carbonyl (C=O) groups excluding carboxylic acids is 2. The largest absolute Gasteiger partial charge is 0.383 e. The molecule has 2 heterocycles. The predicted octanol–water partition coefficient (Wildman–Crippen LogP) is -0.0690. The molecule has 1 saturated heterocycles. The maximum Gasteiger partial charge on any atom is 0.309 e. The van der Waals surface area contributed by atoms with Crippen LogP contribution in [0.15, 0.2) is 18.2 Å². The molecule has 0 saturated carbocycles. The normalized spacial score (nSPS) is 17.9. The summed E-state index contributed by atoms with van der Waals surface area (Å²) in [5, 5.41) is 5.35. The molecule has 2 aliphatic heterocycles. The van der Waals surface area contributed by atoms with Crippen molar-refractivity contribution in [1.82, 2.24) is 15.5 Å². The molecule has 28 heavy (non-hydrogen) atoms. The first kappa shape index (κ1) is 20.6. The maximum atomic E-state index is 12.2. The highest BCUT2D eigenvalue weighted by molar-refractivity contribution is 6.35. The Hall–Kier alpha value is -2.16. The lowest BCUT2D eigenvalue weighted by molar-refractivity contribution is -0.139. The van der Waals surface area contributed by atoms with Gasteiger partial charge in [-0.25, -0.2) is 0 Å². The van der Waals surface area contributed by atoms with Crippen LogP contribution >= 0.6 is 0 Å². The van der Waals surface area contributed by atoms with Crippen LogP contribution in [-0.2, 0) is 25.5 Å². The molecule has 154 valence electrons. The molecular formula is C20H30N4O4. The first-order valence-corrected chi connectivity index (χ1v) is 9.81. The number of nitrogens with zero attached hydrogens (tertiary/aromatic N) is 2. The van der Waals surface area contributed by atoms with Gasteiger partial charge in [-0.2, -0.15) is 0 Å². The van der Waals surface area contributed by atoms with Crippen LogP contribution in [0.5, 0.6) is 0 Å². The highest BCUT2D eigenvalue weighted by Gasteiger charge is 2.26. The highest BCUT2D eigenvalue weighted by atomic mass is 16.5. The van der Waals surface area contributed by atoms with Gasteiger partial charge in [0, 0.05) is 52.6 Å². The molecule has 8 nitrogen and oxygen atoms in total. The Bertz CT molecular complexity index is 691. The Kier molecular flexibility index (Phi) is 7.24. The van der Waals surface area contributed by atoms with Crippen molar-refractivity contribution in [2.24, 2.45) is 0 Å². The number of rotatable bonds is 7. The summed E-state index contributed by atoms with van der Waals surface area (Å²) in [4.78, 5) is 28.7. The molecule has 2 N–H and O–H groups in total. The molecule has 0 unspecified atom stereocenters. The van der Waals surface area contributed by atoms with E-state index in [1.54, 1.807) is 7.11 Å². The number of fused-ring (bicyclic) bond motifs is 1. The molecule has 1 aromatic rings. The summed E-state index contributed by atoms with van der Waals surface area (Å²) in [6, 6.07) is 6.54. The van der Waals surface area contributed by atoms with Gasteiger partial charge in [-0.1, -0.05) is 12.1 Å². The van der Waals surface area contributed by atoms with Gasteiger partial charge in [-0.15, -0.1) is 0 Å². The molecule has 0 spiro atoms. The number of likely N-dealkylation sites (N-methyl/N-ethyl adjacent to an activating group) is 1. The Morgan fingerprint density at radius 2 is 1.93 bits per heavy atom. The number of hydrogen-bond donors (Lipinski definition) is 2. The Labute approximate surface area is 166 Å². The summed E-state index contributed by atoms with van der Waals surface area (Å²) in [5.41, 5.74) is 3.77. The molecule has 2 aliphatic rings. The summed E-state index contributed by atoms with van der Waals surface area (Å²) in [6.45, 7) is 5.05. The summed E-state index contributed by atoms with van der Waals surface area (Å²) >= 11 is 0. The van der Waals surface area contributed by atoms with E-state index in [2.05, 4.69) is 45.7 Å². The number of morpholine rings is 1. The summed E-state index contributed by atoms with van der Waals surface area (Å²) in [5.74, 6) is -1.25. The van der Waals surface area contributed by atoms with E-state index in [0.717, 1.165) is 31.6 Å². The smallest absolute Gasteiger partial charge is 0.309 e. The maximum absolute atomic E-state index is 12.2. The average Bonchev–Trinajstić information content (AvgIpc) is 3.09.